The molecule has 1 aromatic rings. The summed E-state index contributed by atoms with van der Waals surface area (Å²) in [5, 5.41) is 8.51. The minimum Gasteiger partial charge on any atom is -0.364 e. The van der Waals surface area contributed by atoms with Crippen molar-refractivity contribution in [1.29, 1.82) is 5.26 Å². The van der Waals surface area contributed by atoms with Crippen LogP contribution in [0.15, 0.2) is 6.20 Å². The maximum Gasteiger partial charge on any atom is 0.0670 e. The van der Waals surface area contributed by atoms with E-state index in [0.29, 0.717) is 6.42 Å². The van der Waals surface area contributed by atoms with Gasteiger partial charge in [0.25, 0.3) is 0 Å². The number of aromatic nitrogens is 1. The molecule has 1 aliphatic carbocycles. The summed E-state index contributed by atoms with van der Waals surface area (Å²) in [5.74, 6) is 0. The average molecular weight is 146 g/mol. The molecular weight excluding hydrogens is 136 g/mol. The highest BCUT2D eigenvalue weighted by molar-refractivity contribution is 5.35. The van der Waals surface area contributed by atoms with Crippen LogP contribution in [0.4, 0.5) is 0 Å². The van der Waals surface area contributed by atoms with Gasteiger partial charge in [0.15, 0.2) is 0 Å². The molecule has 11 heavy (non-hydrogen) atoms. The topological polar surface area (TPSA) is 39.6 Å². The second kappa shape index (κ2) is 2.43. The summed E-state index contributed by atoms with van der Waals surface area (Å²) >= 11 is 0. The smallest absolute Gasteiger partial charge is 0.0670 e. The van der Waals surface area contributed by atoms with Gasteiger partial charge < -0.3 is 4.98 Å². The molecule has 0 radical (unpaired) electrons. The molecule has 0 saturated carbocycles. The maximum absolute atomic E-state index is 8.51. The second-order valence-electron chi connectivity index (χ2n) is 2.96. The largest absolute Gasteiger partial charge is 0.364 e. The molecule has 56 valence electrons. The molecule has 2 rings (SSSR count). The Kier molecular flexibility index (Phi) is 1.43. The fraction of sp³-hybridized carbons (Fsp3) is 0.444. The first-order chi connectivity index (χ1) is 5.42. The Bertz CT molecular complexity index is 304. The minimum atomic E-state index is 0.561. The molecule has 0 atom stereocenters. The van der Waals surface area contributed by atoms with Crippen molar-refractivity contribution in [2.75, 3.05) is 0 Å². The van der Waals surface area contributed by atoms with Crippen LogP contribution >= 0.6 is 0 Å². The third-order valence-corrected chi connectivity index (χ3v) is 2.30. The highest BCUT2D eigenvalue weighted by atomic mass is 14.7. The van der Waals surface area contributed by atoms with Crippen molar-refractivity contribution in [2.24, 2.45) is 0 Å². The molecule has 2 nitrogen and oxygen atoms in total. The van der Waals surface area contributed by atoms with Crippen molar-refractivity contribution < 1.29 is 0 Å². The highest BCUT2D eigenvalue weighted by Gasteiger charge is 2.15. The van der Waals surface area contributed by atoms with E-state index in [1.165, 1.54) is 29.7 Å². The van der Waals surface area contributed by atoms with Crippen LogP contribution in [0.25, 0.3) is 0 Å². The number of aromatic amines is 1. The molecule has 0 aromatic carbocycles. The van der Waals surface area contributed by atoms with E-state index in [4.69, 9.17) is 5.26 Å². The van der Waals surface area contributed by atoms with Gasteiger partial charge in [0.1, 0.15) is 0 Å². The molecule has 0 bridgehead atoms. The number of fused-ring (bicyclic) bond motifs is 1. The van der Waals surface area contributed by atoms with E-state index < -0.39 is 0 Å². The van der Waals surface area contributed by atoms with Gasteiger partial charge >= 0.3 is 0 Å². The van der Waals surface area contributed by atoms with E-state index in [0.717, 1.165) is 6.42 Å². The van der Waals surface area contributed by atoms with E-state index in [9.17, 15) is 0 Å². The molecule has 1 N–H and O–H groups in total. The lowest BCUT2D eigenvalue weighted by molar-refractivity contribution is 0.887. The maximum atomic E-state index is 8.51. The third-order valence-electron chi connectivity index (χ3n) is 2.30. The van der Waals surface area contributed by atoms with Crippen LogP contribution in [0.1, 0.15) is 23.2 Å². The van der Waals surface area contributed by atoms with E-state index in [2.05, 4.69) is 11.1 Å². The zero-order valence-electron chi connectivity index (χ0n) is 6.35. The summed E-state index contributed by atoms with van der Waals surface area (Å²) < 4.78 is 0. The Hall–Kier alpha value is -1.23. The van der Waals surface area contributed by atoms with Crippen molar-refractivity contribution in [3.63, 3.8) is 0 Å². The lowest BCUT2D eigenvalue weighted by Gasteiger charge is -1.91. The van der Waals surface area contributed by atoms with E-state index >= 15 is 0 Å². The van der Waals surface area contributed by atoms with Crippen LogP contribution in [-0.4, -0.2) is 4.98 Å². The van der Waals surface area contributed by atoms with Crippen LogP contribution in [0, 0.1) is 11.3 Å². The van der Waals surface area contributed by atoms with Crippen molar-refractivity contribution in [2.45, 2.75) is 25.7 Å². The van der Waals surface area contributed by atoms with Crippen LogP contribution in [0.2, 0.25) is 0 Å². The molecule has 1 heterocycles. The average Bonchev–Trinajstić information content (AvgIpc) is 2.53. The van der Waals surface area contributed by atoms with Crippen LogP contribution in [0.3, 0.4) is 0 Å². The molecule has 0 saturated heterocycles. The summed E-state index contributed by atoms with van der Waals surface area (Å²) in [6.45, 7) is 0. The monoisotopic (exact) mass is 146 g/mol. The Labute approximate surface area is 65.9 Å². The number of hydrogen-bond donors (Lipinski definition) is 1. The lowest BCUT2D eigenvalue weighted by Crippen LogP contribution is -1.83. The number of nitrogens with zero attached hydrogens (tertiary/aromatic N) is 1. The Balaban J connectivity index is 2.36. The Morgan fingerprint density at radius 2 is 2.45 bits per heavy atom. The quantitative estimate of drug-likeness (QED) is 0.641. The summed E-state index contributed by atoms with van der Waals surface area (Å²) in [6, 6.07) is 2.18. The standard InChI is InChI=1S/C9H10N2/c10-5-4-7-6-11-9-3-1-2-8(7)9/h6,11H,1-4H2. The predicted molar refractivity (Wildman–Crippen MR) is 42.1 cm³/mol. The van der Waals surface area contributed by atoms with Crippen LogP contribution in [0.5, 0.6) is 0 Å². The second-order valence-corrected chi connectivity index (χ2v) is 2.96. The molecular formula is C9H10N2. The minimum absolute atomic E-state index is 0.561. The van der Waals surface area contributed by atoms with Gasteiger partial charge in [-0.05, 0) is 30.4 Å². The first kappa shape index (κ1) is 6.48. The Morgan fingerprint density at radius 3 is 3.27 bits per heavy atom. The number of hydrogen-bond acceptors (Lipinski definition) is 1. The van der Waals surface area contributed by atoms with Gasteiger partial charge in [0, 0.05) is 11.9 Å². The summed E-state index contributed by atoms with van der Waals surface area (Å²) in [6.07, 6.45) is 6.12. The summed E-state index contributed by atoms with van der Waals surface area (Å²) in [4.78, 5) is 3.22. The molecule has 0 spiro atoms. The number of H-pyrrole nitrogens is 1. The van der Waals surface area contributed by atoms with Crippen LogP contribution in [-0.2, 0) is 19.3 Å². The van der Waals surface area contributed by atoms with Gasteiger partial charge in [-0.1, -0.05) is 0 Å². The number of nitriles is 1. The molecule has 0 amide bonds. The highest BCUT2D eigenvalue weighted by Crippen LogP contribution is 2.24. The molecule has 0 aliphatic heterocycles. The zero-order valence-corrected chi connectivity index (χ0v) is 6.35. The van der Waals surface area contributed by atoms with Crippen molar-refractivity contribution in [3.05, 3.63) is 23.0 Å². The fourth-order valence-electron chi connectivity index (χ4n) is 1.76. The summed E-state index contributed by atoms with van der Waals surface area (Å²) in [5.41, 5.74) is 3.97. The van der Waals surface area contributed by atoms with Gasteiger partial charge in [-0.3, -0.25) is 0 Å². The van der Waals surface area contributed by atoms with E-state index in [1.807, 2.05) is 6.20 Å². The normalized spacial score (nSPS) is 14.5. The van der Waals surface area contributed by atoms with Gasteiger partial charge in [-0.2, -0.15) is 5.26 Å². The first-order valence-electron chi connectivity index (χ1n) is 3.97. The fourth-order valence-corrected chi connectivity index (χ4v) is 1.76. The number of nitrogens with one attached hydrogen (secondary N) is 1. The Morgan fingerprint density at radius 1 is 1.55 bits per heavy atom. The third kappa shape index (κ3) is 0.932. The van der Waals surface area contributed by atoms with Gasteiger partial charge in [-0.25, -0.2) is 0 Å². The SMILES string of the molecule is N#CCc1c[nH]c2c1CCC2. The van der Waals surface area contributed by atoms with Crippen LogP contribution < -0.4 is 0 Å². The molecule has 0 fully saturated rings. The zero-order chi connectivity index (χ0) is 7.68. The molecule has 1 aromatic heterocycles. The van der Waals surface area contributed by atoms with E-state index in [-0.39, 0.29) is 0 Å². The van der Waals surface area contributed by atoms with Gasteiger partial charge in [-0.15, -0.1) is 0 Å². The van der Waals surface area contributed by atoms with Crippen molar-refractivity contribution >= 4 is 0 Å². The van der Waals surface area contributed by atoms with Crippen molar-refractivity contribution in [3.8, 4) is 6.07 Å². The lowest BCUT2D eigenvalue weighted by atomic mass is 10.1. The van der Waals surface area contributed by atoms with Crippen molar-refractivity contribution in [1.82, 2.24) is 4.98 Å². The van der Waals surface area contributed by atoms with Gasteiger partial charge in [0.05, 0.1) is 12.5 Å². The number of rotatable bonds is 1. The predicted octanol–water partition coefficient (Wildman–Crippen LogP) is 1.57. The molecule has 1 aliphatic rings. The summed E-state index contributed by atoms with van der Waals surface area (Å²) in [7, 11) is 0. The first-order valence-corrected chi connectivity index (χ1v) is 3.97. The molecule has 2 heteroatoms. The van der Waals surface area contributed by atoms with Gasteiger partial charge in [0.2, 0.25) is 0 Å². The van der Waals surface area contributed by atoms with E-state index in [1.54, 1.807) is 0 Å². The number of aryl methyl sites for hydroxylation is 1. The molecule has 0 unspecified atom stereocenters.